The van der Waals surface area contributed by atoms with Crippen molar-refractivity contribution in [2.45, 2.75) is 19.4 Å². The minimum atomic E-state index is -0.598. The van der Waals surface area contributed by atoms with E-state index in [0.29, 0.717) is 24.2 Å². The summed E-state index contributed by atoms with van der Waals surface area (Å²) in [5.74, 6) is -0.879. The number of carbonyl (C=O) groups excluding carboxylic acids is 2. The fraction of sp³-hybridized carbons (Fsp3) is 0.222. The number of nitro benzene ring substituents is 1. The Hall–Kier alpha value is -3.42. The van der Waals surface area contributed by atoms with Crippen molar-refractivity contribution in [1.82, 2.24) is 5.32 Å². The summed E-state index contributed by atoms with van der Waals surface area (Å²) in [6.07, 6.45) is 1.19. The van der Waals surface area contributed by atoms with E-state index < -0.39 is 10.8 Å². The molecule has 1 saturated heterocycles. The van der Waals surface area contributed by atoms with Crippen LogP contribution in [0.1, 0.15) is 28.8 Å². The molecule has 0 bridgehead atoms. The smallest absolute Gasteiger partial charge is 0.269 e. The van der Waals surface area contributed by atoms with Gasteiger partial charge in [0.1, 0.15) is 0 Å². The van der Waals surface area contributed by atoms with Crippen molar-refractivity contribution in [2.75, 3.05) is 11.4 Å². The van der Waals surface area contributed by atoms with E-state index in [4.69, 9.17) is 0 Å². The molecule has 3 rings (SSSR count). The lowest BCUT2D eigenvalue weighted by Gasteiger charge is -2.20. The second-order valence-electron chi connectivity index (χ2n) is 5.90. The van der Waals surface area contributed by atoms with Gasteiger partial charge < -0.3 is 15.3 Å². The summed E-state index contributed by atoms with van der Waals surface area (Å²) in [5.41, 5.74) is 0.758. The average Bonchev–Trinajstić information content (AvgIpc) is 3.06. The third-order valence-electron chi connectivity index (χ3n) is 4.21. The van der Waals surface area contributed by atoms with Crippen molar-refractivity contribution >= 4 is 23.2 Å². The number of hydrogen-bond acceptors (Lipinski definition) is 5. The zero-order chi connectivity index (χ0) is 18.7. The molecule has 1 aliphatic heterocycles. The van der Waals surface area contributed by atoms with Crippen LogP contribution in [0.5, 0.6) is 5.75 Å². The van der Waals surface area contributed by atoms with Crippen LogP contribution in [0.15, 0.2) is 42.5 Å². The maximum Gasteiger partial charge on any atom is 0.269 e. The summed E-state index contributed by atoms with van der Waals surface area (Å²) in [6, 6.07) is 10.1. The molecule has 0 atom stereocenters. The molecule has 0 saturated carbocycles. The third-order valence-corrected chi connectivity index (χ3v) is 4.21. The van der Waals surface area contributed by atoms with Crippen molar-refractivity contribution in [1.29, 1.82) is 0 Å². The number of nitrogens with one attached hydrogen (secondary N) is 1. The van der Waals surface area contributed by atoms with Crippen LogP contribution in [0.3, 0.4) is 0 Å². The molecule has 134 valence electrons. The van der Waals surface area contributed by atoms with E-state index in [0.717, 1.165) is 24.6 Å². The number of hydrogen-bond donors (Lipinski definition) is 1. The zero-order valence-corrected chi connectivity index (χ0v) is 13.8. The zero-order valence-electron chi connectivity index (χ0n) is 13.8. The van der Waals surface area contributed by atoms with Gasteiger partial charge in [-0.05, 0) is 24.1 Å². The van der Waals surface area contributed by atoms with E-state index >= 15 is 0 Å². The molecule has 0 radical (unpaired) electrons. The van der Waals surface area contributed by atoms with Gasteiger partial charge in [-0.3, -0.25) is 19.7 Å². The van der Waals surface area contributed by atoms with Crippen LogP contribution >= 0.6 is 0 Å². The molecular weight excluding hydrogens is 338 g/mol. The van der Waals surface area contributed by atoms with Gasteiger partial charge in [0.15, 0.2) is 0 Å². The molecular formula is C18H16N3O5-. The molecule has 0 unspecified atom stereocenters. The standard InChI is InChI=1S/C18H17N3O5/c22-16-8-7-13(21(25)26)10-12(16)11-19-18(24)14-4-1-2-5-15(14)20-9-3-6-17(20)23/h1-2,4-5,7-8,10,22H,3,6,9,11H2,(H,19,24)/p-1. The van der Waals surface area contributed by atoms with Crippen molar-refractivity contribution in [3.05, 3.63) is 63.7 Å². The van der Waals surface area contributed by atoms with Crippen LogP contribution in [0.2, 0.25) is 0 Å². The Balaban J connectivity index is 1.78. The van der Waals surface area contributed by atoms with Crippen LogP contribution < -0.4 is 15.3 Å². The van der Waals surface area contributed by atoms with Gasteiger partial charge in [0.25, 0.3) is 11.6 Å². The Labute approximate surface area is 149 Å². The quantitative estimate of drug-likeness (QED) is 0.648. The summed E-state index contributed by atoms with van der Waals surface area (Å²) in [6.45, 7) is 0.417. The van der Waals surface area contributed by atoms with E-state index in [2.05, 4.69) is 5.32 Å². The van der Waals surface area contributed by atoms with Crippen molar-refractivity contribution in [3.8, 4) is 5.75 Å². The second kappa shape index (κ2) is 7.22. The maximum absolute atomic E-state index is 12.5. The number of amides is 2. The van der Waals surface area contributed by atoms with Crippen LogP contribution in [0, 0.1) is 10.1 Å². The molecule has 1 N–H and O–H groups in total. The van der Waals surface area contributed by atoms with Crippen LogP contribution in [0.4, 0.5) is 11.4 Å². The highest BCUT2D eigenvalue weighted by Crippen LogP contribution is 2.26. The number of rotatable bonds is 5. The van der Waals surface area contributed by atoms with Gasteiger partial charge in [0.05, 0.1) is 16.2 Å². The predicted octanol–water partition coefficient (Wildman–Crippen LogP) is 1.73. The van der Waals surface area contributed by atoms with Crippen LogP contribution in [-0.2, 0) is 11.3 Å². The predicted molar refractivity (Wildman–Crippen MR) is 91.7 cm³/mol. The molecule has 2 aromatic rings. The molecule has 0 aliphatic carbocycles. The number of para-hydroxylation sites is 1. The van der Waals surface area contributed by atoms with Crippen LogP contribution in [0.25, 0.3) is 0 Å². The Bertz CT molecular complexity index is 881. The fourth-order valence-corrected chi connectivity index (χ4v) is 2.89. The molecule has 2 amide bonds. The summed E-state index contributed by atoms with van der Waals surface area (Å²) < 4.78 is 0. The summed E-state index contributed by atoms with van der Waals surface area (Å²) in [5, 5.41) is 25.3. The first kappa shape index (κ1) is 17.4. The van der Waals surface area contributed by atoms with Gasteiger partial charge in [-0.25, -0.2) is 0 Å². The number of benzene rings is 2. The normalized spacial score (nSPS) is 13.7. The average molecular weight is 354 g/mol. The first-order chi connectivity index (χ1) is 12.5. The first-order valence-electron chi connectivity index (χ1n) is 8.09. The number of non-ortho nitro benzene ring substituents is 1. The number of nitro groups is 1. The SMILES string of the molecule is O=C(NCc1cc([N+](=O)[O-])ccc1[O-])c1ccccc1N1CCCC1=O. The lowest BCUT2D eigenvalue weighted by Crippen LogP contribution is -2.29. The minimum absolute atomic E-state index is 0.0363. The van der Waals surface area contributed by atoms with E-state index in [9.17, 15) is 24.8 Å². The summed E-state index contributed by atoms with van der Waals surface area (Å²) in [4.78, 5) is 36.3. The van der Waals surface area contributed by atoms with Crippen molar-refractivity contribution < 1.29 is 19.6 Å². The monoisotopic (exact) mass is 354 g/mol. The summed E-state index contributed by atoms with van der Waals surface area (Å²) in [7, 11) is 0. The molecule has 1 fully saturated rings. The fourth-order valence-electron chi connectivity index (χ4n) is 2.89. The maximum atomic E-state index is 12.5. The highest BCUT2D eigenvalue weighted by atomic mass is 16.6. The summed E-state index contributed by atoms with van der Waals surface area (Å²) >= 11 is 0. The number of carbonyl (C=O) groups is 2. The van der Waals surface area contributed by atoms with E-state index in [1.165, 1.54) is 0 Å². The minimum Gasteiger partial charge on any atom is -0.872 e. The molecule has 1 heterocycles. The number of anilines is 1. The molecule has 2 aromatic carbocycles. The molecule has 8 heteroatoms. The van der Waals surface area contributed by atoms with E-state index in [-0.39, 0.29) is 29.5 Å². The topological polar surface area (TPSA) is 116 Å². The van der Waals surface area contributed by atoms with Crippen molar-refractivity contribution in [2.24, 2.45) is 0 Å². The second-order valence-corrected chi connectivity index (χ2v) is 5.90. The Kier molecular flexibility index (Phi) is 4.83. The van der Waals surface area contributed by atoms with Gasteiger partial charge >= 0.3 is 0 Å². The molecule has 8 nitrogen and oxygen atoms in total. The molecule has 0 spiro atoms. The van der Waals surface area contributed by atoms with Gasteiger partial charge in [0, 0.05) is 31.6 Å². The van der Waals surface area contributed by atoms with Gasteiger partial charge in [-0.15, -0.1) is 5.75 Å². The number of nitrogens with zero attached hydrogens (tertiary/aromatic N) is 2. The van der Waals surface area contributed by atoms with E-state index in [1.54, 1.807) is 29.2 Å². The Morgan fingerprint density at radius 1 is 1.23 bits per heavy atom. The van der Waals surface area contributed by atoms with Crippen molar-refractivity contribution in [3.63, 3.8) is 0 Å². The Morgan fingerprint density at radius 2 is 2.00 bits per heavy atom. The van der Waals surface area contributed by atoms with Gasteiger partial charge in [-0.1, -0.05) is 18.2 Å². The molecule has 0 aromatic heterocycles. The highest BCUT2D eigenvalue weighted by molar-refractivity contribution is 6.05. The van der Waals surface area contributed by atoms with E-state index in [1.807, 2.05) is 0 Å². The largest absolute Gasteiger partial charge is 0.872 e. The molecule has 26 heavy (non-hydrogen) atoms. The van der Waals surface area contributed by atoms with Gasteiger partial charge in [-0.2, -0.15) is 0 Å². The van der Waals surface area contributed by atoms with Crippen LogP contribution in [-0.4, -0.2) is 23.3 Å². The third kappa shape index (κ3) is 3.49. The molecule has 1 aliphatic rings. The Morgan fingerprint density at radius 3 is 2.69 bits per heavy atom. The highest BCUT2D eigenvalue weighted by Gasteiger charge is 2.25. The lowest BCUT2D eigenvalue weighted by molar-refractivity contribution is -0.385. The first-order valence-corrected chi connectivity index (χ1v) is 8.09. The van der Waals surface area contributed by atoms with Gasteiger partial charge in [0.2, 0.25) is 5.91 Å². The lowest BCUT2D eigenvalue weighted by atomic mass is 10.1.